The molecule has 104 valence electrons. The van der Waals surface area contributed by atoms with Crippen LogP contribution in [0.4, 0.5) is 0 Å². The van der Waals surface area contributed by atoms with Gasteiger partial charge < -0.3 is 0 Å². The summed E-state index contributed by atoms with van der Waals surface area (Å²) in [6.45, 7) is 1.80. The average Bonchev–Trinajstić information content (AvgIpc) is 2.47. The van der Waals surface area contributed by atoms with Gasteiger partial charge in [0.1, 0.15) is 21.8 Å². The lowest BCUT2D eigenvalue weighted by Gasteiger charge is -2.08. The van der Waals surface area contributed by atoms with E-state index in [0.29, 0.717) is 33.2 Å². The highest BCUT2D eigenvalue weighted by atomic mass is 35.5. The van der Waals surface area contributed by atoms with Crippen LogP contribution in [-0.2, 0) is 0 Å². The third-order valence-electron chi connectivity index (χ3n) is 2.89. The van der Waals surface area contributed by atoms with Crippen molar-refractivity contribution in [2.45, 2.75) is 6.92 Å². The van der Waals surface area contributed by atoms with E-state index < -0.39 is 0 Å². The van der Waals surface area contributed by atoms with Crippen molar-refractivity contribution in [3.05, 3.63) is 58.7 Å². The summed E-state index contributed by atoms with van der Waals surface area (Å²) in [6.07, 6.45) is 1.65. The monoisotopic (exact) mass is 316 g/mol. The van der Waals surface area contributed by atoms with E-state index in [0.717, 1.165) is 5.56 Å². The molecule has 0 saturated carbocycles. The highest BCUT2D eigenvalue weighted by Gasteiger charge is 2.15. The highest BCUT2D eigenvalue weighted by molar-refractivity contribution is 6.37. The zero-order valence-electron chi connectivity index (χ0n) is 11.1. The molecule has 0 aliphatic heterocycles. The Morgan fingerprint density at radius 3 is 2.14 bits per heavy atom. The van der Waals surface area contributed by atoms with Crippen LogP contribution in [0.25, 0.3) is 22.6 Å². The predicted molar refractivity (Wildman–Crippen MR) is 83.3 cm³/mol. The first-order chi connectivity index (χ1) is 10.1. The van der Waals surface area contributed by atoms with Gasteiger partial charge in [0.15, 0.2) is 5.82 Å². The summed E-state index contributed by atoms with van der Waals surface area (Å²) < 4.78 is 0. The number of nitrogens with zero attached hydrogens (tertiary/aromatic N) is 4. The second-order valence-electron chi connectivity index (χ2n) is 4.36. The van der Waals surface area contributed by atoms with Gasteiger partial charge in [-0.2, -0.15) is 0 Å². The number of rotatable bonds is 2. The third kappa shape index (κ3) is 2.86. The molecule has 0 N–H and O–H groups in total. The van der Waals surface area contributed by atoms with Crippen LogP contribution in [0.1, 0.15) is 5.82 Å². The smallest absolute Gasteiger partial charge is 0.181 e. The summed E-state index contributed by atoms with van der Waals surface area (Å²) >= 11 is 12.6. The summed E-state index contributed by atoms with van der Waals surface area (Å²) in [4.78, 5) is 16.9. The van der Waals surface area contributed by atoms with Crippen LogP contribution >= 0.6 is 23.2 Å². The molecule has 3 rings (SSSR count). The number of hydrogen-bond acceptors (Lipinski definition) is 4. The van der Waals surface area contributed by atoms with Gasteiger partial charge in [-0.3, -0.25) is 0 Å². The molecular weight excluding hydrogens is 307 g/mol. The van der Waals surface area contributed by atoms with Gasteiger partial charge in [0.05, 0.1) is 5.56 Å². The van der Waals surface area contributed by atoms with Crippen molar-refractivity contribution in [1.29, 1.82) is 0 Å². The maximum atomic E-state index is 6.28. The molecule has 0 atom stereocenters. The second kappa shape index (κ2) is 5.76. The lowest BCUT2D eigenvalue weighted by molar-refractivity contribution is 1.03. The van der Waals surface area contributed by atoms with Gasteiger partial charge in [0.2, 0.25) is 0 Å². The van der Waals surface area contributed by atoms with E-state index in [-0.39, 0.29) is 0 Å². The normalized spacial score (nSPS) is 10.6. The summed E-state index contributed by atoms with van der Waals surface area (Å²) in [5.41, 5.74) is 2.08. The molecule has 0 amide bonds. The quantitative estimate of drug-likeness (QED) is 0.664. The lowest BCUT2D eigenvalue weighted by Crippen LogP contribution is -1.98. The first-order valence-corrected chi connectivity index (χ1v) is 6.99. The van der Waals surface area contributed by atoms with Gasteiger partial charge >= 0.3 is 0 Å². The van der Waals surface area contributed by atoms with Crippen LogP contribution < -0.4 is 0 Å². The summed E-state index contributed by atoms with van der Waals surface area (Å²) in [5.74, 6) is 1.02. The van der Waals surface area contributed by atoms with Crippen molar-refractivity contribution >= 4 is 23.2 Å². The standard InChI is InChI=1S/C15H10Cl2N4/c1-9-18-8-7-11(19-9)15-20-13(16)12(14(17)21-15)10-5-3-2-4-6-10/h2-8H,1H3. The Hall–Kier alpha value is -2.04. The second-order valence-corrected chi connectivity index (χ2v) is 5.07. The largest absolute Gasteiger partial charge is 0.242 e. The SMILES string of the molecule is Cc1nccc(-c2nc(Cl)c(-c3ccccc3)c(Cl)n2)n1. The van der Waals surface area contributed by atoms with Gasteiger partial charge in [0, 0.05) is 6.20 Å². The third-order valence-corrected chi connectivity index (χ3v) is 3.44. The van der Waals surface area contributed by atoms with Gasteiger partial charge in [0.25, 0.3) is 0 Å². The van der Waals surface area contributed by atoms with Gasteiger partial charge in [-0.05, 0) is 18.6 Å². The van der Waals surface area contributed by atoms with E-state index >= 15 is 0 Å². The minimum atomic E-state index is 0.299. The van der Waals surface area contributed by atoms with E-state index in [1.54, 1.807) is 19.2 Å². The minimum absolute atomic E-state index is 0.299. The molecule has 3 aromatic rings. The molecule has 21 heavy (non-hydrogen) atoms. The molecule has 6 heteroatoms. The van der Waals surface area contributed by atoms with Crippen molar-refractivity contribution in [3.63, 3.8) is 0 Å². The predicted octanol–water partition coefficient (Wildman–Crippen LogP) is 4.22. The maximum Gasteiger partial charge on any atom is 0.181 e. The summed E-state index contributed by atoms with van der Waals surface area (Å²) in [7, 11) is 0. The highest BCUT2D eigenvalue weighted by Crippen LogP contribution is 2.33. The van der Waals surface area contributed by atoms with Crippen LogP contribution in [-0.4, -0.2) is 19.9 Å². The van der Waals surface area contributed by atoms with E-state index in [1.165, 1.54) is 0 Å². The van der Waals surface area contributed by atoms with E-state index in [2.05, 4.69) is 19.9 Å². The molecule has 0 spiro atoms. The van der Waals surface area contributed by atoms with Gasteiger partial charge in [-0.25, -0.2) is 19.9 Å². The van der Waals surface area contributed by atoms with Gasteiger partial charge in [-0.15, -0.1) is 0 Å². The molecule has 0 aliphatic rings. The minimum Gasteiger partial charge on any atom is -0.242 e. The van der Waals surface area contributed by atoms with Crippen molar-refractivity contribution in [1.82, 2.24) is 19.9 Å². The van der Waals surface area contributed by atoms with Crippen molar-refractivity contribution < 1.29 is 0 Å². The van der Waals surface area contributed by atoms with Crippen molar-refractivity contribution in [2.24, 2.45) is 0 Å². The molecule has 0 fully saturated rings. The summed E-state index contributed by atoms with van der Waals surface area (Å²) in [5, 5.41) is 0.597. The van der Waals surface area contributed by atoms with Crippen molar-refractivity contribution in [2.75, 3.05) is 0 Å². The van der Waals surface area contributed by atoms with Crippen LogP contribution in [0.2, 0.25) is 10.3 Å². The number of aryl methyl sites for hydroxylation is 1. The molecule has 1 aromatic carbocycles. The number of halogens is 2. The molecule has 2 aromatic heterocycles. The Balaban J connectivity index is 2.13. The molecular formula is C15H10Cl2N4. The van der Waals surface area contributed by atoms with E-state index in [4.69, 9.17) is 23.2 Å². The Labute approximate surface area is 131 Å². The zero-order chi connectivity index (χ0) is 14.8. The van der Waals surface area contributed by atoms with Gasteiger partial charge in [-0.1, -0.05) is 53.5 Å². The molecule has 0 aliphatic carbocycles. The Bertz CT molecular complexity index is 768. The molecule has 0 unspecified atom stereocenters. The van der Waals surface area contributed by atoms with Crippen LogP contribution in [0.3, 0.4) is 0 Å². The molecule has 0 saturated heterocycles. The molecule has 4 nitrogen and oxygen atoms in total. The average molecular weight is 317 g/mol. The van der Waals surface area contributed by atoms with E-state index in [1.807, 2.05) is 30.3 Å². The fourth-order valence-electron chi connectivity index (χ4n) is 1.95. The topological polar surface area (TPSA) is 51.6 Å². The Morgan fingerprint density at radius 2 is 1.52 bits per heavy atom. The Kier molecular flexibility index (Phi) is 3.82. The lowest BCUT2D eigenvalue weighted by atomic mass is 10.1. The van der Waals surface area contributed by atoms with Crippen LogP contribution in [0.15, 0.2) is 42.6 Å². The molecule has 0 radical (unpaired) electrons. The number of benzene rings is 1. The maximum absolute atomic E-state index is 6.28. The molecule has 0 bridgehead atoms. The van der Waals surface area contributed by atoms with Crippen molar-refractivity contribution in [3.8, 4) is 22.6 Å². The van der Waals surface area contributed by atoms with Crippen LogP contribution in [0, 0.1) is 6.92 Å². The molecule has 2 heterocycles. The number of hydrogen-bond donors (Lipinski definition) is 0. The van der Waals surface area contributed by atoms with E-state index in [9.17, 15) is 0 Å². The Morgan fingerprint density at radius 1 is 0.857 bits per heavy atom. The fourth-order valence-corrected chi connectivity index (χ4v) is 2.55. The first-order valence-electron chi connectivity index (χ1n) is 6.23. The zero-order valence-corrected chi connectivity index (χ0v) is 12.6. The first kappa shape index (κ1) is 13.9. The number of aromatic nitrogens is 4. The van der Waals surface area contributed by atoms with Crippen LogP contribution in [0.5, 0.6) is 0 Å². The fraction of sp³-hybridized carbons (Fsp3) is 0.0667. The summed E-state index contributed by atoms with van der Waals surface area (Å²) in [6, 6.07) is 11.3.